The number of halogens is 1. The summed E-state index contributed by atoms with van der Waals surface area (Å²) in [7, 11) is 0. The van der Waals surface area contributed by atoms with Crippen LogP contribution in [0.4, 0.5) is 5.69 Å². The van der Waals surface area contributed by atoms with Crippen LogP contribution in [0.5, 0.6) is 11.5 Å². The van der Waals surface area contributed by atoms with Crippen LogP contribution in [0.15, 0.2) is 93.9 Å². The van der Waals surface area contributed by atoms with Gasteiger partial charge in [0.2, 0.25) is 0 Å². The number of hydrogen-bond acceptors (Lipinski definition) is 6. The molecule has 0 fully saturated rings. The number of rotatable bonds is 8. The largest absolute Gasteiger partial charge is 0.494 e. The molecule has 1 aliphatic heterocycles. The van der Waals surface area contributed by atoms with Gasteiger partial charge in [0.1, 0.15) is 18.1 Å². The lowest BCUT2D eigenvalue weighted by molar-refractivity contribution is -0.113. The Bertz CT molecular complexity index is 1850. The molecule has 0 spiro atoms. The van der Waals surface area contributed by atoms with Crippen molar-refractivity contribution in [2.75, 3.05) is 18.5 Å². The summed E-state index contributed by atoms with van der Waals surface area (Å²) >= 11 is 7.49. The predicted molar refractivity (Wildman–Crippen MR) is 162 cm³/mol. The van der Waals surface area contributed by atoms with Gasteiger partial charge in [-0.3, -0.25) is 14.2 Å². The number of nitrogens with zero attached hydrogens (tertiary/aromatic N) is 2. The van der Waals surface area contributed by atoms with E-state index in [1.54, 1.807) is 47.9 Å². The van der Waals surface area contributed by atoms with Gasteiger partial charge in [-0.1, -0.05) is 59.2 Å². The number of amides is 1. The van der Waals surface area contributed by atoms with Crippen LogP contribution in [0.3, 0.4) is 0 Å². The molecule has 0 unspecified atom stereocenters. The van der Waals surface area contributed by atoms with Gasteiger partial charge in [0.05, 0.1) is 28.5 Å². The summed E-state index contributed by atoms with van der Waals surface area (Å²) in [5.74, 6) is 3.30. The quantitative estimate of drug-likeness (QED) is 0.298. The van der Waals surface area contributed by atoms with Crippen LogP contribution in [0.25, 0.3) is 6.08 Å². The molecule has 1 atom stereocenters. The Balaban J connectivity index is 1.66. The van der Waals surface area contributed by atoms with E-state index in [0.717, 1.165) is 5.56 Å². The number of carbonyl (C=O) groups excluding carboxylic acids is 1. The maximum atomic E-state index is 14.0. The van der Waals surface area contributed by atoms with Gasteiger partial charge in [0.15, 0.2) is 4.80 Å². The third kappa shape index (κ3) is 5.97. The molecule has 1 N–H and O–H groups in total. The smallest absolute Gasteiger partial charge is 0.271 e. The molecule has 1 aromatic heterocycles. The van der Waals surface area contributed by atoms with Gasteiger partial charge in [-0.2, -0.15) is 0 Å². The van der Waals surface area contributed by atoms with Crippen molar-refractivity contribution in [3.63, 3.8) is 0 Å². The van der Waals surface area contributed by atoms with Gasteiger partial charge in [-0.15, -0.1) is 6.42 Å². The zero-order chi connectivity index (χ0) is 28.9. The minimum atomic E-state index is -0.718. The molecule has 1 amide bonds. The number of allylic oxidation sites excluding steroid dienone is 1. The Morgan fingerprint density at radius 2 is 1.90 bits per heavy atom. The van der Waals surface area contributed by atoms with E-state index in [-0.39, 0.29) is 18.1 Å². The van der Waals surface area contributed by atoms with E-state index in [4.69, 9.17) is 32.5 Å². The van der Waals surface area contributed by atoms with Crippen LogP contribution in [-0.4, -0.2) is 23.7 Å². The average molecular weight is 584 g/mol. The Morgan fingerprint density at radius 1 is 1.15 bits per heavy atom. The van der Waals surface area contributed by atoms with Gasteiger partial charge >= 0.3 is 0 Å². The van der Waals surface area contributed by atoms with Gasteiger partial charge < -0.3 is 14.8 Å². The molecule has 2 heterocycles. The number of terminal acetylenes is 1. The zero-order valence-corrected chi connectivity index (χ0v) is 24.0. The molecule has 3 aromatic carbocycles. The minimum Gasteiger partial charge on any atom is -0.494 e. The van der Waals surface area contributed by atoms with Crippen LogP contribution in [0.2, 0.25) is 5.02 Å². The third-order valence-electron chi connectivity index (χ3n) is 6.37. The Hall–Kier alpha value is -4.58. The van der Waals surface area contributed by atoms with Crippen molar-refractivity contribution in [2.24, 2.45) is 4.99 Å². The van der Waals surface area contributed by atoms with Crippen molar-refractivity contribution in [3.05, 3.63) is 120 Å². The number of fused-ring (bicyclic) bond motifs is 1. The molecule has 0 bridgehead atoms. The SMILES string of the molecule is C#CCOc1ccc(Cl)cc1/C=c1\sc2n(c1=O)[C@@H](c1ccc(OCC)cc1)C(C(=O)Nc1ccccc1)=C(C)N=2. The van der Waals surface area contributed by atoms with Crippen LogP contribution in [0, 0.1) is 12.3 Å². The number of thiazole rings is 1. The monoisotopic (exact) mass is 583 g/mol. The highest BCUT2D eigenvalue weighted by Crippen LogP contribution is 2.32. The molecular weight excluding hydrogens is 558 g/mol. The predicted octanol–water partition coefficient (Wildman–Crippen LogP) is 4.94. The number of ether oxygens (including phenoxy) is 2. The van der Waals surface area contributed by atoms with Crippen LogP contribution < -0.4 is 29.7 Å². The van der Waals surface area contributed by atoms with Crippen LogP contribution in [0.1, 0.15) is 31.0 Å². The Kier molecular flexibility index (Phi) is 8.39. The maximum absolute atomic E-state index is 14.0. The summed E-state index contributed by atoms with van der Waals surface area (Å²) in [6.45, 7) is 4.28. The maximum Gasteiger partial charge on any atom is 0.271 e. The lowest BCUT2D eigenvalue weighted by Crippen LogP contribution is -2.40. The summed E-state index contributed by atoms with van der Waals surface area (Å²) in [5, 5.41) is 3.44. The van der Waals surface area contributed by atoms with E-state index in [0.29, 0.717) is 55.0 Å². The molecule has 0 radical (unpaired) electrons. The first-order chi connectivity index (χ1) is 19.9. The highest BCUT2D eigenvalue weighted by molar-refractivity contribution is 7.07. The molecule has 206 valence electrons. The minimum absolute atomic E-state index is 0.0700. The molecule has 9 heteroatoms. The van der Waals surface area contributed by atoms with Crippen molar-refractivity contribution in [2.45, 2.75) is 19.9 Å². The fraction of sp³-hybridized carbons (Fsp3) is 0.156. The molecule has 0 saturated heterocycles. The topological polar surface area (TPSA) is 81.9 Å². The first kappa shape index (κ1) is 28.0. The first-order valence-electron chi connectivity index (χ1n) is 12.9. The summed E-state index contributed by atoms with van der Waals surface area (Å²) in [4.78, 5) is 32.9. The van der Waals surface area contributed by atoms with Crippen molar-refractivity contribution in [1.29, 1.82) is 0 Å². The number of para-hydroxylation sites is 1. The summed E-state index contributed by atoms with van der Waals surface area (Å²) in [6, 6.07) is 20.9. The van der Waals surface area contributed by atoms with E-state index in [1.165, 1.54) is 11.3 Å². The number of aromatic nitrogens is 1. The number of benzene rings is 3. The molecule has 7 nitrogen and oxygen atoms in total. The molecule has 4 aromatic rings. The molecule has 41 heavy (non-hydrogen) atoms. The van der Waals surface area contributed by atoms with Crippen LogP contribution in [-0.2, 0) is 4.79 Å². The first-order valence-corrected chi connectivity index (χ1v) is 14.1. The lowest BCUT2D eigenvalue weighted by Gasteiger charge is -2.25. The summed E-state index contributed by atoms with van der Waals surface area (Å²) < 4.78 is 13.3. The average Bonchev–Trinajstić information content (AvgIpc) is 3.27. The van der Waals surface area contributed by atoms with Crippen LogP contribution >= 0.6 is 22.9 Å². The number of anilines is 1. The van der Waals surface area contributed by atoms with E-state index in [1.807, 2.05) is 49.4 Å². The molecule has 5 rings (SSSR count). The Morgan fingerprint density at radius 3 is 2.61 bits per heavy atom. The van der Waals surface area contributed by atoms with Crippen molar-refractivity contribution in [3.8, 4) is 23.8 Å². The highest BCUT2D eigenvalue weighted by atomic mass is 35.5. The molecule has 0 aliphatic carbocycles. The second-order valence-corrected chi connectivity index (χ2v) is 10.5. The number of hydrogen-bond donors (Lipinski definition) is 1. The van der Waals surface area contributed by atoms with E-state index in [2.05, 4.69) is 11.2 Å². The van der Waals surface area contributed by atoms with E-state index < -0.39 is 6.04 Å². The van der Waals surface area contributed by atoms with E-state index >= 15 is 0 Å². The normalized spacial score (nSPS) is 14.6. The van der Waals surface area contributed by atoms with Crippen molar-refractivity contribution < 1.29 is 14.3 Å². The highest BCUT2D eigenvalue weighted by Gasteiger charge is 2.32. The van der Waals surface area contributed by atoms with Crippen molar-refractivity contribution >= 4 is 40.6 Å². The number of carbonyl (C=O) groups is 1. The second-order valence-electron chi connectivity index (χ2n) is 9.08. The standard InChI is InChI=1S/C32H26ClN3O4S/c1-4-17-40-26-16-13-23(33)18-22(26)19-27-31(38)36-29(21-11-14-25(15-12-21)39-5-2)28(20(3)34-32(36)41-27)30(37)35-24-9-7-6-8-10-24/h1,6-16,18-19,29H,5,17H2,2-3H3,(H,35,37)/b27-19-/t29-/m0/s1. The van der Waals surface area contributed by atoms with Gasteiger partial charge in [-0.25, -0.2) is 4.99 Å². The molecular formula is C32H26ClN3O4S. The lowest BCUT2D eigenvalue weighted by atomic mass is 9.95. The fourth-order valence-electron chi connectivity index (χ4n) is 4.58. The summed E-state index contributed by atoms with van der Waals surface area (Å²) in [5.41, 5.74) is 2.58. The van der Waals surface area contributed by atoms with Gasteiger partial charge in [0, 0.05) is 16.3 Å². The summed E-state index contributed by atoms with van der Waals surface area (Å²) in [6.07, 6.45) is 7.08. The van der Waals surface area contributed by atoms with Gasteiger partial charge in [-0.05, 0) is 68.0 Å². The van der Waals surface area contributed by atoms with Crippen molar-refractivity contribution in [1.82, 2.24) is 4.57 Å². The fourth-order valence-corrected chi connectivity index (χ4v) is 5.80. The van der Waals surface area contributed by atoms with E-state index in [9.17, 15) is 9.59 Å². The number of nitrogens with one attached hydrogen (secondary N) is 1. The Labute approximate surface area is 246 Å². The molecule has 0 saturated carbocycles. The second kappa shape index (κ2) is 12.3. The zero-order valence-electron chi connectivity index (χ0n) is 22.4. The van der Waals surface area contributed by atoms with Gasteiger partial charge in [0.25, 0.3) is 11.5 Å². The molecule has 1 aliphatic rings. The third-order valence-corrected chi connectivity index (χ3v) is 7.59.